The van der Waals surface area contributed by atoms with Crippen LogP contribution < -0.4 is 5.32 Å². The Morgan fingerprint density at radius 3 is 2.62 bits per heavy atom. The quantitative estimate of drug-likeness (QED) is 0.822. The molecule has 7 heteroatoms. The molecule has 2 aromatic rings. The monoisotopic (exact) mass is 360 g/mol. The summed E-state index contributed by atoms with van der Waals surface area (Å²) >= 11 is 0. The van der Waals surface area contributed by atoms with Crippen LogP contribution in [-0.2, 0) is 11.2 Å². The highest BCUT2D eigenvalue weighted by Crippen LogP contribution is 2.33. The Kier molecular flexibility index (Phi) is 5.66. The molecule has 1 aliphatic carbocycles. The van der Waals surface area contributed by atoms with Gasteiger partial charge in [-0.25, -0.2) is 4.39 Å². The number of aryl methyl sites for hydroxylation is 1. The van der Waals surface area contributed by atoms with Crippen LogP contribution in [0.15, 0.2) is 28.8 Å². The first-order chi connectivity index (χ1) is 12.5. The van der Waals surface area contributed by atoms with Gasteiger partial charge in [-0.3, -0.25) is 4.79 Å². The van der Waals surface area contributed by atoms with Crippen molar-refractivity contribution in [3.05, 3.63) is 36.0 Å². The molecule has 26 heavy (non-hydrogen) atoms. The van der Waals surface area contributed by atoms with E-state index in [2.05, 4.69) is 34.5 Å². The molecule has 0 spiro atoms. The number of rotatable bonds is 7. The van der Waals surface area contributed by atoms with E-state index in [9.17, 15) is 9.18 Å². The number of halogens is 1. The van der Waals surface area contributed by atoms with Gasteiger partial charge in [-0.1, -0.05) is 18.0 Å². The van der Waals surface area contributed by atoms with Gasteiger partial charge in [0.05, 0.1) is 0 Å². The van der Waals surface area contributed by atoms with E-state index in [1.54, 1.807) is 12.1 Å². The van der Waals surface area contributed by atoms with Crippen LogP contribution in [0, 0.1) is 5.82 Å². The summed E-state index contributed by atoms with van der Waals surface area (Å²) in [6.45, 7) is 0.670. The van der Waals surface area contributed by atoms with E-state index in [0.717, 1.165) is 12.8 Å². The van der Waals surface area contributed by atoms with Crippen LogP contribution in [0.25, 0.3) is 11.4 Å². The Morgan fingerprint density at radius 1 is 1.27 bits per heavy atom. The van der Waals surface area contributed by atoms with E-state index in [4.69, 9.17) is 4.52 Å². The third kappa shape index (κ3) is 4.27. The third-order valence-electron chi connectivity index (χ3n) is 5.23. The maximum atomic E-state index is 13.0. The Hall–Kier alpha value is -2.28. The maximum Gasteiger partial charge on any atom is 0.227 e. The number of hydrogen-bond acceptors (Lipinski definition) is 5. The summed E-state index contributed by atoms with van der Waals surface area (Å²) in [5.74, 6) is 0.479. The molecule has 1 amide bonds. The first-order valence-corrected chi connectivity index (χ1v) is 9.01. The topological polar surface area (TPSA) is 71.3 Å². The molecule has 1 aliphatic rings. The molecule has 1 fully saturated rings. The number of aromatic nitrogens is 2. The van der Waals surface area contributed by atoms with E-state index in [0.29, 0.717) is 36.7 Å². The molecule has 1 aromatic heterocycles. The lowest BCUT2D eigenvalue weighted by Crippen LogP contribution is -2.50. The summed E-state index contributed by atoms with van der Waals surface area (Å²) < 4.78 is 18.2. The van der Waals surface area contributed by atoms with Crippen molar-refractivity contribution in [3.63, 3.8) is 0 Å². The van der Waals surface area contributed by atoms with Gasteiger partial charge < -0.3 is 14.7 Å². The van der Waals surface area contributed by atoms with Crippen molar-refractivity contribution in [3.8, 4) is 11.4 Å². The molecule has 6 nitrogen and oxygen atoms in total. The van der Waals surface area contributed by atoms with E-state index in [-0.39, 0.29) is 17.3 Å². The van der Waals surface area contributed by atoms with Crippen molar-refractivity contribution < 1.29 is 13.7 Å². The average molecular weight is 360 g/mol. The standard InChI is InChI=1S/C19H25FN4O2/c1-24(2)19(11-3-4-12-19)13-21-16(25)9-10-17-22-18(23-26-17)14-5-7-15(20)8-6-14/h5-8H,3-4,9-13H2,1-2H3,(H,21,25). The fraction of sp³-hybridized carbons (Fsp3) is 0.526. The van der Waals surface area contributed by atoms with E-state index < -0.39 is 0 Å². The number of amides is 1. The molecule has 1 N–H and O–H groups in total. The van der Waals surface area contributed by atoms with Gasteiger partial charge in [0.15, 0.2) is 0 Å². The molecule has 1 saturated carbocycles. The fourth-order valence-electron chi connectivity index (χ4n) is 3.46. The zero-order valence-electron chi connectivity index (χ0n) is 15.3. The fourth-order valence-corrected chi connectivity index (χ4v) is 3.46. The van der Waals surface area contributed by atoms with Gasteiger partial charge >= 0.3 is 0 Å². The second-order valence-corrected chi connectivity index (χ2v) is 7.12. The summed E-state index contributed by atoms with van der Waals surface area (Å²) in [5, 5.41) is 6.94. The van der Waals surface area contributed by atoms with Crippen LogP contribution in [0.3, 0.4) is 0 Å². The molecule has 0 radical (unpaired) electrons. The van der Waals surface area contributed by atoms with Crippen LogP contribution in [0.2, 0.25) is 0 Å². The number of carbonyl (C=O) groups is 1. The second kappa shape index (κ2) is 7.95. The predicted octanol–water partition coefficient (Wildman–Crippen LogP) is 2.80. The van der Waals surface area contributed by atoms with Gasteiger partial charge in [0.1, 0.15) is 5.82 Å². The van der Waals surface area contributed by atoms with Crippen molar-refractivity contribution in [2.75, 3.05) is 20.6 Å². The number of nitrogens with one attached hydrogen (secondary N) is 1. The Labute approximate surface area is 152 Å². The molecule has 0 unspecified atom stereocenters. The van der Waals surface area contributed by atoms with E-state index >= 15 is 0 Å². The molecule has 0 saturated heterocycles. The van der Waals surface area contributed by atoms with E-state index in [1.807, 2.05) is 0 Å². The van der Waals surface area contributed by atoms with Crippen molar-refractivity contribution in [2.45, 2.75) is 44.1 Å². The summed E-state index contributed by atoms with van der Waals surface area (Å²) in [6.07, 6.45) is 5.34. The van der Waals surface area contributed by atoms with Gasteiger partial charge in [0.25, 0.3) is 0 Å². The van der Waals surface area contributed by atoms with Gasteiger partial charge in [0.2, 0.25) is 17.6 Å². The number of nitrogens with zero attached hydrogens (tertiary/aromatic N) is 3. The SMILES string of the molecule is CN(C)C1(CNC(=O)CCc2nc(-c3ccc(F)cc3)no2)CCCC1. The van der Waals surface area contributed by atoms with Crippen LogP contribution in [-0.4, -0.2) is 47.1 Å². The Bertz CT molecular complexity index is 736. The predicted molar refractivity (Wildman–Crippen MR) is 95.9 cm³/mol. The highest BCUT2D eigenvalue weighted by atomic mass is 19.1. The molecule has 0 atom stereocenters. The average Bonchev–Trinajstić information content (AvgIpc) is 3.29. The highest BCUT2D eigenvalue weighted by Gasteiger charge is 2.36. The molecule has 3 rings (SSSR count). The minimum Gasteiger partial charge on any atom is -0.354 e. The maximum absolute atomic E-state index is 13.0. The second-order valence-electron chi connectivity index (χ2n) is 7.12. The van der Waals surface area contributed by atoms with Gasteiger partial charge in [-0.05, 0) is 51.2 Å². The highest BCUT2D eigenvalue weighted by molar-refractivity contribution is 5.76. The zero-order chi connectivity index (χ0) is 18.6. The van der Waals surface area contributed by atoms with Crippen molar-refractivity contribution in [1.82, 2.24) is 20.4 Å². The lowest BCUT2D eigenvalue weighted by molar-refractivity contribution is -0.121. The third-order valence-corrected chi connectivity index (χ3v) is 5.23. The van der Waals surface area contributed by atoms with Crippen molar-refractivity contribution >= 4 is 5.91 Å². The summed E-state index contributed by atoms with van der Waals surface area (Å²) in [5.41, 5.74) is 0.760. The molecular weight excluding hydrogens is 335 g/mol. The van der Waals surface area contributed by atoms with Gasteiger partial charge in [0, 0.05) is 30.5 Å². The zero-order valence-corrected chi connectivity index (χ0v) is 15.3. The first kappa shape index (κ1) is 18.5. The molecule has 140 valence electrons. The number of hydrogen-bond donors (Lipinski definition) is 1. The summed E-state index contributed by atoms with van der Waals surface area (Å²) in [7, 11) is 4.15. The van der Waals surface area contributed by atoms with Crippen LogP contribution in [0.5, 0.6) is 0 Å². The van der Waals surface area contributed by atoms with Crippen LogP contribution in [0.1, 0.15) is 38.0 Å². The van der Waals surface area contributed by atoms with Crippen LogP contribution in [0.4, 0.5) is 4.39 Å². The normalized spacial score (nSPS) is 16.2. The molecule has 0 aliphatic heterocycles. The van der Waals surface area contributed by atoms with E-state index in [1.165, 1.54) is 25.0 Å². The molecular formula is C19H25FN4O2. The number of likely N-dealkylation sites (N-methyl/N-ethyl adjacent to an activating group) is 1. The lowest BCUT2D eigenvalue weighted by atomic mass is 9.96. The van der Waals surface area contributed by atoms with Crippen molar-refractivity contribution in [1.29, 1.82) is 0 Å². The van der Waals surface area contributed by atoms with Gasteiger partial charge in [-0.2, -0.15) is 4.98 Å². The number of benzene rings is 1. The Morgan fingerprint density at radius 2 is 1.96 bits per heavy atom. The lowest BCUT2D eigenvalue weighted by Gasteiger charge is -2.36. The van der Waals surface area contributed by atoms with Crippen molar-refractivity contribution in [2.24, 2.45) is 0 Å². The smallest absolute Gasteiger partial charge is 0.227 e. The number of carbonyl (C=O) groups excluding carboxylic acids is 1. The minimum absolute atomic E-state index is 0.0142. The van der Waals surface area contributed by atoms with Gasteiger partial charge in [-0.15, -0.1) is 0 Å². The largest absolute Gasteiger partial charge is 0.354 e. The van der Waals surface area contributed by atoms with Crippen LogP contribution >= 0.6 is 0 Å². The molecule has 0 bridgehead atoms. The Balaban J connectivity index is 1.50. The molecule has 1 aromatic carbocycles. The first-order valence-electron chi connectivity index (χ1n) is 9.01. The molecule has 1 heterocycles. The summed E-state index contributed by atoms with van der Waals surface area (Å²) in [4.78, 5) is 18.7. The summed E-state index contributed by atoms with van der Waals surface area (Å²) in [6, 6.07) is 5.89. The minimum atomic E-state index is -0.313.